The lowest BCUT2D eigenvalue weighted by atomic mass is 9.83. The zero-order valence-corrected chi connectivity index (χ0v) is 12.1. The fraction of sp³-hybridized carbons (Fsp3) is 0.647. The quantitative estimate of drug-likeness (QED) is 0.836. The monoisotopic (exact) mass is 279 g/mol. The first-order valence-electron chi connectivity index (χ1n) is 7.84. The summed E-state index contributed by atoms with van der Waals surface area (Å²) in [5, 5.41) is 10.4. The largest absolute Gasteiger partial charge is 0.392 e. The highest BCUT2D eigenvalue weighted by atomic mass is 19.1. The molecule has 2 unspecified atom stereocenters. The molecule has 1 aromatic carbocycles. The SMILES string of the molecule is NCC(c1cccc(F)c1)C(O)CCC1CCCCC1. The number of aliphatic hydroxyl groups is 1. The summed E-state index contributed by atoms with van der Waals surface area (Å²) in [5.74, 6) is 0.332. The van der Waals surface area contributed by atoms with Gasteiger partial charge in [0.1, 0.15) is 5.82 Å². The molecule has 0 heterocycles. The van der Waals surface area contributed by atoms with Crippen molar-refractivity contribution in [2.75, 3.05) is 6.54 Å². The topological polar surface area (TPSA) is 46.2 Å². The van der Waals surface area contributed by atoms with Gasteiger partial charge in [0.2, 0.25) is 0 Å². The van der Waals surface area contributed by atoms with Crippen molar-refractivity contribution in [3.8, 4) is 0 Å². The summed E-state index contributed by atoms with van der Waals surface area (Å²) in [7, 11) is 0. The molecule has 0 amide bonds. The van der Waals surface area contributed by atoms with Gasteiger partial charge in [0.05, 0.1) is 6.10 Å². The molecule has 3 N–H and O–H groups in total. The molecule has 0 radical (unpaired) electrons. The number of hydrogen-bond donors (Lipinski definition) is 2. The van der Waals surface area contributed by atoms with E-state index in [0.717, 1.165) is 24.3 Å². The number of hydrogen-bond acceptors (Lipinski definition) is 2. The Morgan fingerprint density at radius 3 is 2.65 bits per heavy atom. The number of halogens is 1. The van der Waals surface area contributed by atoms with E-state index in [0.29, 0.717) is 6.54 Å². The molecule has 112 valence electrons. The highest BCUT2D eigenvalue weighted by molar-refractivity contribution is 5.22. The van der Waals surface area contributed by atoms with Crippen LogP contribution in [0.5, 0.6) is 0 Å². The van der Waals surface area contributed by atoms with Crippen molar-refractivity contribution < 1.29 is 9.50 Å². The molecule has 3 heteroatoms. The third-order valence-electron chi connectivity index (χ3n) is 4.59. The van der Waals surface area contributed by atoms with Crippen LogP contribution >= 0.6 is 0 Å². The second kappa shape index (κ2) is 7.75. The molecule has 1 aliphatic carbocycles. The number of aliphatic hydroxyl groups excluding tert-OH is 1. The Kier molecular flexibility index (Phi) is 5.99. The molecular weight excluding hydrogens is 253 g/mol. The summed E-state index contributed by atoms with van der Waals surface area (Å²) in [6.45, 7) is 0.356. The van der Waals surface area contributed by atoms with Gasteiger partial charge >= 0.3 is 0 Å². The summed E-state index contributed by atoms with van der Waals surface area (Å²) in [5.41, 5.74) is 6.59. The van der Waals surface area contributed by atoms with Crippen molar-refractivity contribution in [1.29, 1.82) is 0 Å². The van der Waals surface area contributed by atoms with Gasteiger partial charge in [0.15, 0.2) is 0 Å². The number of nitrogens with two attached hydrogens (primary N) is 1. The van der Waals surface area contributed by atoms with Gasteiger partial charge in [-0.3, -0.25) is 0 Å². The minimum absolute atomic E-state index is 0.158. The Bertz CT molecular complexity index is 404. The normalized spacial score (nSPS) is 19.8. The van der Waals surface area contributed by atoms with Crippen molar-refractivity contribution in [3.63, 3.8) is 0 Å². The van der Waals surface area contributed by atoms with Gasteiger partial charge in [-0.15, -0.1) is 0 Å². The van der Waals surface area contributed by atoms with Gasteiger partial charge in [-0.25, -0.2) is 4.39 Å². The zero-order valence-electron chi connectivity index (χ0n) is 12.1. The summed E-state index contributed by atoms with van der Waals surface area (Å²) >= 11 is 0. The second-order valence-electron chi connectivity index (χ2n) is 6.05. The van der Waals surface area contributed by atoms with Crippen molar-refractivity contribution in [1.82, 2.24) is 0 Å². The Balaban J connectivity index is 1.89. The fourth-order valence-corrected chi connectivity index (χ4v) is 3.34. The zero-order chi connectivity index (χ0) is 14.4. The van der Waals surface area contributed by atoms with E-state index in [9.17, 15) is 9.50 Å². The van der Waals surface area contributed by atoms with Gasteiger partial charge in [-0.2, -0.15) is 0 Å². The van der Waals surface area contributed by atoms with Crippen LogP contribution in [0.15, 0.2) is 24.3 Å². The lowest BCUT2D eigenvalue weighted by Crippen LogP contribution is -2.26. The van der Waals surface area contributed by atoms with Gasteiger partial charge in [-0.05, 0) is 36.5 Å². The molecule has 2 nitrogen and oxygen atoms in total. The van der Waals surface area contributed by atoms with Gasteiger partial charge in [0.25, 0.3) is 0 Å². The van der Waals surface area contributed by atoms with Crippen LogP contribution < -0.4 is 5.73 Å². The standard InChI is InChI=1S/C17H26FNO/c18-15-8-4-7-14(11-15)16(12-19)17(20)10-9-13-5-2-1-3-6-13/h4,7-8,11,13,16-17,20H,1-3,5-6,9-10,12,19H2. The van der Waals surface area contributed by atoms with E-state index in [4.69, 9.17) is 5.73 Å². The molecule has 1 aromatic rings. The molecular formula is C17H26FNO. The van der Waals surface area contributed by atoms with E-state index in [1.54, 1.807) is 6.07 Å². The van der Waals surface area contributed by atoms with Crippen LogP contribution in [-0.2, 0) is 0 Å². The van der Waals surface area contributed by atoms with Crippen LogP contribution in [0.3, 0.4) is 0 Å². The molecule has 1 fully saturated rings. The maximum Gasteiger partial charge on any atom is 0.123 e. The van der Waals surface area contributed by atoms with Crippen molar-refractivity contribution in [2.45, 2.75) is 57.0 Å². The minimum Gasteiger partial charge on any atom is -0.392 e. The minimum atomic E-state index is -0.469. The summed E-state index contributed by atoms with van der Waals surface area (Å²) < 4.78 is 13.3. The summed E-state index contributed by atoms with van der Waals surface area (Å²) in [6.07, 6.45) is 7.95. The summed E-state index contributed by atoms with van der Waals surface area (Å²) in [4.78, 5) is 0. The van der Waals surface area contributed by atoms with E-state index in [-0.39, 0.29) is 11.7 Å². The van der Waals surface area contributed by atoms with Crippen molar-refractivity contribution >= 4 is 0 Å². The molecule has 0 saturated heterocycles. The average molecular weight is 279 g/mol. The van der Waals surface area contributed by atoms with Gasteiger partial charge in [-0.1, -0.05) is 44.2 Å². The van der Waals surface area contributed by atoms with E-state index in [2.05, 4.69) is 0 Å². The van der Waals surface area contributed by atoms with Crippen LogP contribution in [0.4, 0.5) is 4.39 Å². The van der Waals surface area contributed by atoms with E-state index >= 15 is 0 Å². The van der Waals surface area contributed by atoms with E-state index in [1.165, 1.54) is 44.2 Å². The molecule has 2 atom stereocenters. The Labute approximate surface area is 121 Å². The predicted molar refractivity (Wildman–Crippen MR) is 80.0 cm³/mol. The maximum atomic E-state index is 13.3. The van der Waals surface area contributed by atoms with Crippen LogP contribution in [0, 0.1) is 11.7 Å². The Hall–Kier alpha value is -0.930. The van der Waals surface area contributed by atoms with Crippen molar-refractivity contribution in [3.05, 3.63) is 35.6 Å². The second-order valence-corrected chi connectivity index (χ2v) is 6.05. The molecule has 0 aromatic heterocycles. The Morgan fingerprint density at radius 1 is 1.25 bits per heavy atom. The first-order valence-corrected chi connectivity index (χ1v) is 7.84. The lowest BCUT2D eigenvalue weighted by Gasteiger charge is -2.26. The highest BCUT2D eigenvalue weighted by Crippen LogP contribution is 2.30. The van der Waals surface area contributed by atoms with Crippen LogP contribution in [-0.4, -0.2) is 17.8 Å². The third kappa shape index (κ3) is 4.29. The van der Waals surface area contributed by atoms with Gasteiger partial charge in [0, 0.05) is 12.5 Å². The first-order chi connectivity index (χ1) is 9.70. The molecule has 0 bridgehead atoms. The molecule has 20 heavy (non-hydrogen) atoms. The van der Waals surface area contributed by atoms with E-state index in [1.807, 2.05) is 6.07 Å². The number of benzene rings is 1. The molecule has 0 spiro atoms. The predicted octanol–water partition coefficient (Wildman–Crippen LogP) is 3.59. The van der Waals surface area contributed by atoms with Crippen LogP contribution in [0.2, 0.25) is 0 Å². The smallest absolute Gasteiger partial charge is 0.123 e. The molecule has 1 aliphatic rings. The highest BCUT2D eigenvalue weighted by Gasteiger charge is 2.22. The molecule has 1 saturated carbocycles. The summed E-state index contributed by atoms with van der Waals surface area (Å²) in [6, 6.07) is 6.44. The third-order valence-corrected chi connectivity index (χ3v) is 4.59. The lowest BCUT2D eigenvalue weighted by molar-refractivity contribution is 0.123. The molecule has 2 rings (SSSR count). The fourth-order valence-electron chi connectivity index (χ4n) is 3.34. The number of rotatable bonds is 6. The van der Waals surface area contributed by atoms with E-state index < -0.39 is 6.10 Å². The first kappa shape index (κ1) is 15.5. The molecule has 0 aliphatic heterocycles. The van der Waals surface area contributed by atoms with Crippen LogP contribution in [0.25, 0.3) is 0 Å². The Morgan fingerprint density at radius 2 is 2.00 bits per heavy atom. The van der Waals surface area contributed by atoms with Crippen LogP contribution in [0.1, 0.15) is 56.4 Å². The van der Waals surface area contributed by atoms with Crippen molar-refractivity contribution in [2.24, 2.45) is 11.7 Å². The van der Waals surface area contributed by atoms with Gasteiger partial charge < -0.3 is 10.8 Å². The average Bonchev–Trinajstić information content (AvgIpc) is 2.47. The maximum absolute atomic E-state index is 13.3.